The molecule has 0 saturated carbocycles. The summed E-state index contributed by atoms with van der Waals surface area (Å²) in [4.78, 5) is 0. The predicted octanol–water partition coefficient (Wildman–Crippen LogP) is 8.16. The van der Waals surface area contributed by atoms with E-state index in [0.29, 0.717) is 11.8 Å². The molecule has 0 amide bonds. The molecule has 0 saturated heterocycles. The van der Waals surface area contributed by atoms with Gasteiger partial charge in [-0.1, -0.05) is 76.7 Å². The van der Waals surface area contributed by atoms with E-state index < -0.39 is 0 Å². The van der Waals surface area contributed by atoms with Crippen LogP contribution in [-0.2, 0) is 10.8 Å². The van der Waals surface area contributed by atoms with Gasteiger partial charge in [-0.05, 0) is 95.5 Å². The van der Waals surface area contributed by atoms with Gasteiger partial charge < -0.3 is 5.32 Å². The van der Waals surface area contributed by atoms with Crippen molar-refractivity contribution >= 4 is 35.2 Å². The molecule has 2 N–H and O–H groups in total. The van der Waals surface area contributed by atoms with Crippen LogP contribution in [0.5, 0.6) is 0 Å². The molecule has 0 fully saturated rings. The van der Waals surface area contributed by atoms with E-state index in [9.17, 15) is 0 Å². The lowest BCUT2D eigenvalue weighted by atomic mass is 9.63. The summed E-state index contributed by atoms with van der Waals surface area (Å²) < 4.78 is 0. The van der Waals surface area contributed by atoms with Crippen molar-refractivity contribution in [1.82, 2.24) is 5.32 Å². The monoisotopic (exact) mass is 486 g/mol. The second kappa shape index (κ2) is 11.1. The third kappa shape index (κ3) is 6.26. The molecule has 0 aromatic heterocycles. The average Bonchev–Trinajstić information content (AvgIpc) is 2.86. The summed E-state index contributed by atoms with van der Waals surface area (Å²) in [6, 6.07) is 19.9. The molecule has 1 atom stereocenters. The first-order valence-corrected chi connectivity index (χ1v) is 13.3. The van der Waals surface area contributed by atoms with E-state index in [1.54, 1.807) is 0 Å². The second-order valence-corrected chi connectivity index (χ2v) is 11.6. The fourth-order valence-corrected chi connectivity index (χ4v) is 5.18. The van der Waals surface area contributed by atoms with Crippen molar-refractivity contribution in [2.45, 2.75) is 70.8 Å². The molecular weight excluding hydrogens is 444 g/mol. The minimum absolute atomic E-state index is 0.158. The Bertz CT molecular complexity index is 1210. The highest BCUT2D eigenvalue weighted by molar-refractivity contribution is 7.80. The Balaban J connectivity index is 0.000000429. The van der Waals surface area contributed by atoms with Gasteiger partial charge in [0.2, 0.25) is 0 Å². The van der Waals surface area contributed by atoms with Crippen LogP contribution in [-0.4, -0.2) is 24.6 Å². The van der Waals surface area contributed by atoms with Gasteiger partial charge in [0.05, 0.1) is 5.71 Å². The first-order chi connectivity index (χ1) is 16.5. The Morgan fingerprint density at radius 3 is 2.11 bits per heavy atom. The maximum Gasteiger partial charge on any atom is 0.0684 e. The molecule has 2 nitrogen and oxygen atoms in total. The van der Waals surface area contributed by atoms with Crippen molar-refractivity contribution in [1.29, 1.82) is 5.41 Å². The molecule has 4 rings (SSSR count). The van der Waals surface area contributed by atoms with Crippen LogP contribution in [0, 0.1) is 5.41 Å². The van der Waals surface area contributed by atoms with Gasteiger partial charge in [0.1, 0.15) is 0 Å². The molecule has 0 bridgehead atoms. The van der Waals surface area contributed by atoms with Crippen molar-refractivity contribution < 1.29 is 0 Å². The number of nitrogens with one attached hydrogen (secondary N) is 2. The molecule has 1 unspecified atom stereocenters. The molecule has 1 aliphatic carbocycles. The molecule has 35 heavy (non-hydrogen) atoms. The number of hydrogen-bond donors (Lipinski definition) is 3. The Morgan fingerprint density at radius 1 is 0.943 bits per heavy atom. The smallest absolute Gasteiger partial charge is 0.0684 e. The summed E-state index contributed by atoms with van der Waals surface area (Å²) in [5, 5.41) is 14.3. The van der Waals surface area contributed by atoms with Crippen LogP contribution >= 0.6 is 12.6 Å². The van der Waals surface area contributed by atoms with Crippen LogP contribution in [0.1, 0.15) is 81.7 Å². The molecule has 0 heterocycles. The van der Waals surface area contributed by atoms with Crippen LogP contribution in [0.25, 0.3) is 16.8 Å². The van der Waals surface area contributed by atoms with Crippen molar-refractivity contribution in [3.05, 3.63) is 89.0 Å². The zero-order chi connectivity index (χ0) is 25.8. The minimum atomic E-state index is 0.158. The van der Waals surface area contributed by atoms with Gasteiger partial charge in [0.25, 0.3) is 0 Å². The number of thiol groups is 1. The lowest BCUT2D eigenvalue weighted by Crippen LogP contribution is -2.34. The molecular formula is C32H42N2S. The Kier molecular flexibility index (Phi) is 8.67. The fourth-order valence-electron chi connectivity index (χ4n) is 4.80. The standard InChI is InChI=1S/C27H29N.C5H13NS/c1-6-18-7-8-20-16-21(10-9-19(20)15-18)25(28)22-11-12-23-24(17-22)27(4,5)14-13-26(23,2)3;1-5(6-2)3-4-7/h6-12,15-17,28H,1,13-14H2,2-5H3;5-7H,3-4H2,1-2H3. The van der Waals surface area contributed by atoms with E-state index in [4.69, 9.17) is 5.41 Å². The second-order valence-electron chi connectivity index (χ2n) is 11.1. The summed E-state index contributed by atoms with van der Waals surface area (Å²) in [6.07, 6.45) is 5.41. The third-order valence-electron chi connectivity index (χ3n) is 7.59. The van der Waals surface area contributed by atoms with Crippen LogP contribution in [0.3, 0.4) is 0 Å². The van der Waals surface area contributed by atoms with E-state index in [2.05, 4.69) is 114 Å². The highest BCUT2D eigenvalue weighted by Crippen LogP contribution is 2.46. The lowest BCUT2D eigenvalue weighted by Gasteiger charge is -2.42. The van der Waals surface area contributed by atoms with E-state index in [-0.39, 0.29) is 10.8 Å². The maximum absolute atomic E-state index is 8.85. The van der Waals surface area contributed by atoms with Gasteiger partial charge in [-0.25, -0.2) is 0 Å². The van der Waals surface area contributed by atoms with Gasteiger partial charge in [0, 0.05) is 17.2 Å². The minimum Gasteiger partial charge on any atom is -0.317 e. The Morgan fingerprint density at radius 2 is 1.51 bits per heavy atom. The summed E-state index contributed by atoms with van der Waals surface area (Å²) in [7, 11) is 1.97. The molecule has 3 aromatic carbocycles. The molecule has 0 radical (unpaired) electrons. The highest BCUT2D eigenvalue weighted by Gasteiger charge is 2.37. The van der Waals surface area contributed by atoms with Crippen LogP contribution in [0.4, 0.5) is 0 Å². The highest BCUT2D eigenvalue weighted by atomic mass is 32.1. The molecule has 1 aliphatic rings. The van der Waals surface area contributed by atoms with Crippen molar-refractivity contribution in [2.24, 2.45) is 0 Å². The zero-order valence-electron chi connectivity index (χ0n) is 22.3. The summed E-state index contributed by atoms with van der Waals surface area (Å²) in [6.45, 7) is 15.3. The van der Waals surface area contributed by atoms with Gasteiger partial charge >= 0.3 is 0 Å². The normalized spacial score (nSPS) is 16.5. The Labute approximate surface area is 218 Å². The molecule has 3 aromatic rings. The first kappa shape index (κ1) is 27.2. The molecule has 186 valence electrons. The van der Waals surface area contributed by atoms with Gasteiger partial charge in [-0.3, -0.25) is 5.41 Å². The van der Waals surface area contributed by atoms with Gasteiger partial charge in [-0.2, -0.15) is 12.6 Å². The Hall–Kier alpha value is -2.36. The maximum atomic E-state index is 8.85. The van der Waals surface area contributed by atoms with E-state index in [1.165, 1.54) is 29.4 Å². The topological polar surface area (TPSA) is 35.9 Å². The van der Waals surface area contributed by atoms with Crippen LogP contribution in [0.15, 0.2) is 61.2 Å². The SMILES string of the molecule is C=Cc1ccc2cc(C(=N)c3ccc4c(c3)C(C)(C)CCC4(C)C)ccc2c1.CNC(C)CCS. The van der Waals surface area contributed by atoms with Crippen molar-refractivity contribution in [2.75, 3.05) is 12.8 Å². The average molecular weight is 487 g/mol. The fraction of sp³-hybridized carbons (Fsp3) is 0.406. The van der Waals surface area contributed by atoms with Crippen LogP contribution < -0.4 is 5.32 Å². The van der Waals surface area contributed by atoms with Gasteiger partial charge in [0.15, 0.2) is 0 Å². The van der Waals surface area contributed by atoms with Crippen molar-refractivity contribution in [3.8, 4) is 0 Å². The predicted molar refractivity (Wildman–Crippen MR) is 159 cm³/mol. The van der Waals surface area contributed by atoms with E-state index in [0.717, 1.165) is 34.3 Å². The lowest BCUT2D eigenvalue weighted by molar-refractivity contribution is 0.332. The van der Waals surface area contributed by atoms with E-state index >= 15 is 0 Å². The number of hydrogen-bond acceptors (Lipinski definition) is 3. The number of benzene rings is 3. The number of fused-ring (bicyclic) bond motifs is 2. The quantitative estimate of drug-likeness (QED) is 0.238. The third-order valence-corrected chi connectivity index (χ3v) is 7.84. The molecule has 0 aliphatic heterocycles. The summed E-state index contributed by atoms with van der Waals surface area (Å²) >= 11 is 4.07. The zero-order valence-corrected chi connectivity index (χ0v) is 23.2. The van der Waals surface area contributed by atoms with E-state index in [1.807, 2.05) is 13.1 Å². The summed E-state index contributed by atoms with van der Waals surface area (Å²) in [5.41, 5.74) is 6.89. The first-order valence-electron chi connectivity index (χ1n) is 12.7. The van der Waals surface area contributed by atoms with Crippen molar-refractivity contribution in [3.63, 3.8) is 0 Å². The molecule has 0 spiro atoms. The van der Waals surface area contributed by atoms with Crippen LogP contribution in [0.2, 0.25) is 0 Å². The molecule has 3 heteroatoms. The largest absolute Gasteiger partial charge is 0.317 e. The summed E-state index contributed by atoms with van der Waals surface area (Å²) in [5.74, 6) is 0.974. The van der Waals surface area contributed by atoms with Gasteiger partial charge in [-0.15, -0.1) is 0 Å². The number of rotatable bonds is 6.